The molecule has 2 aromatic carbocycles. The third-order valence-corrected chi connectivity index (χ3v) is 11.7. The maximum Gasteiger partial charge on any atom is 0.286 e. The fourth-order valence-corrected chi connectivity index (χ4v) is 8.40. The number of anilines is 2. The molecule has 16 nitrogen and oxygen atoms in total. The average Bonchev–Trinajstić information content (AvgIpc) is 3.26. The minimum absolute atomic E-state index is 0.0470. The molecule has 0 spiro atoms. The fraction of sp³-hybridized carbons (Fsp3) is 0.318. The van der Waals surface area contributed by atoms with Crippen LogP contribution in [0.15, 0.2) is 97.3 Å². The highest BCUT2D eigenvalue weighted by atomic mass is 33.1. The molecule has 0 aliphatic heterocycles. The van der Waals surface area contributed by atoms with Gasteiger partial charge in [-0.1, -0.05) is 45.9 Å². The van der Waals surface area contributed by atoms with Crippen molar-refractivity contribution in [2.45, 2.75) is 25.2 Å². The van der Waals surface area contributed by atoms with Gasteiger partial charge in [-0.3, -0.25) is 9.59 Å². The van der Waals surface area contributed by atoms with Gasteiger partial charge in [-0.2, -0.15) is 9.13 Å². The largest absolute Gasteiger partial charge is 0.548 e. The summed E-state index contributed by atoms with van der Waals surface area (Å²) in [6.07, 6.45) is 10.7. The number of aliphatic carboxylic acids is 2. The van der Waals surface area contributed by atoms with Crippen molar-refractivity contribution < 1.29 is 59.0 Å². The summed E-state index contributed by atoms with van der Waals surface area (Å²) in [6.45, 7) is 0.965. The van der Waals surface area contributed by atoms with E-state index in [1.165, 1.54) is 0 Å². The topological polar surface area (TPSA) is 234 Å². The van der Waals surface area contributed by atoms with Crippen LogP contribution in [0.25, 0.3) is 24.3 Å². The zero-order valence-corrected chi connectivity index (χ0v) is 35.7. The van der Waals surface area contributed by atoms with Gasteiger partial charge < -0.3 is 60.7 Å². The summed E-state index contributed by atoms with van der Waals surface area (Å²) in [5, 5.41) is 66.2. The maximum atomic E-state index is 13.0. The number of nitrogens with one attached hydrogen (secondary N) is 2. The predicted octanol–water partition coefficient (Wildman–Crippen LogP) is -1.26. The number of carboxylic acid groups (broad SMARTS) is 2. The third kappa shape index (κ3) is 16.3. The van der Waals surface area contributed by atoms with Crippen LogP contribution in [0.1, 0.15) is 22.5 Å². The Morgan fingerprint density at radius 2 is 0.903 bits per heavy atom. The molecule has 0 aliphatic rings. The van der Waals surface area contributed by atoms with Crippen LogP contribution in [0.4, 0.5) is 11.4 Å². The third-order valence-electron chi connectivity index (χ3n) is 9.26. The maximum absolute atomic E-state index is 13.0. The Labute approximate surface area is 368 Å². The summed E-state index contributed by atoms with van der Waals surface area (Å²) in [5.41, 5.74) is 4.77. The van der Waals surface area contributed by atoms with Crippen molar-refractivity contribution in [3.05, 3.63) is 120 Å². The van der Waals surface area contributed by atoms with Crippen LogP contribution in [0.3, 0.4) is 0 Å². The van der Waals surface area contributed by atoms with Gasteiger partial charge in [-0.05, 0) is 59.7 Å². The molecule has 0 saturated carbocycles. The zero-order chi connectivity index (χ0) is 44.7. The van der Waals surface area contributed by atoms with Crippen molar-refractivity contribution >= 4 is 81.0 Å². The molecule has 4 rings (SSSR count). The number of benzene rings is 2. The van der Waals surface area contributed by atoms with Crippen LogP contribution >= 0.6 is 21.6 Å². The van der Waals surface area contributed by atoms with Crippen LogP contribution in [-0.2, 0) is 32.3 Å². The van der Waals surface area contributed by atoms with Crippen molar-refractivity contribution in [2.75, 3.05) is 73.9 Å². The van der Waals surface area contributed by atoms with Crippen LogP contribution in [0.2, 0.25) is 0 Å². The van der Waals surface area contributed by atoms with Crippen LogP contribution in [0, 0.1) is 0 Å². The summed E-state index contributed by atoms with van der Waals surface area (Å²) in [5.74, 6) is -4.50. The summed E-state index contributed by atoms with van der Waals surface area (Å²) in [6, 6.07) is 22.9. The number of aromatic nitrogens is 2. The highest BCUT2D eigenvalue weighted by Crippen LogP contribution is 2.23. The molecule has 4 aromatic rings. The first-order valence-corrected chi connectivity index (χ1v) is 22.2. The van der Waals surface area contributed by atoms with E-state index in [1.807, 2.05) is 82.6 Å². The number of amides is 2. The van der Waals surface area contributed by atoms with Gasteiger partial charge in [0.1, 0.15) is 0 Å². The van der Waals surface area contributed by atoms with Gasteiger partial charge in [0.15, 0.2) is 12.4 Å². The van der Waals surface area contributed by atoms with Gasteiger partial charge in [0.2, 0.25) is 24.5 Å². The Hall–Kier alpha value is -5.76. The van der Waals surface area contributed by atoms with Crippen LogP contribution in [-0.4, -0.2) is 120 Å². The summed E-state index contributed by atoms with van der Waals surface area (Å²) >= 11 is 0. The number of hydrogen-bond donors (Lipinski definition) is 6. The lowest BCUT2D eigenvalue weighted by molar-refractivity contribution is -0.686. The van der Waals surface area contributed by atoms with E-state index in [1.54, 1.807) is 57.9 Å². The van der Waals surface area contributed by atoms with Gasteiger partial charge in [-0.25, -0.2) is 0 Å². The Kier molecular flexibility index (Phi) is 20.9. The Morgan fingerprint density at radius 1 is 0.548 bits per heavy atom. The normalized spacial score (nSPS) is 12.3. The minimum atomic E-state index is -1.51. The van der Waals surface area contributed by atoms with E-state index in [0.29, 0.717) is 37.6 Å². The molecule has 2 amide bonds. The van der Waals surface area contributed by atoms with Gasteiger partial charge in [-0.15, -0.1) is 0 Å². The smallest absolute Gasteiger partial charge is 0.286 e. The molecule has 2 unspecified atom stereocenters. The minimum Gasteiger partial charge on any atom is -0.548 e. The van der Waals surface area contributed by atoms with Crippen LogP contribution < -0.4 is 39.8 Å². The van der Waals surface area contributed by atoms with Crippen LogP contribution in [0.5, 0.6) is 0 Å². The molecule has 330 valence electrons. The molecule has 0 radical (unpaired) electrons. The molecule has 0 bridgehead atoms. The molecule has 2 atom stereocenters. The summed E-state index contributed by atoms with van der Waals surface area (Å²) in [7, 11) is 2.00. The molecule has 0 aliphatic carbocycles. The Bertz CT molecular complexity index is 1950. The quantitative estimate of drug-likeness (QED) is 0.0233. The zero-order valence-electron chi connectivity index (χ0n) is 34.0. The molecular formula is C44H52N6O10S2. The van der Waals surface area contributed by atoms with E-state index in [4.69, 9.17) is 0 Å². The SMILES string of the molecule is O=C(C[n+]1ccccc1/C=C/c1ccc(N(CCO)CCO)cc1)NC(CSSCC(NC(=O)C[n+]1ccccc1/C=C/c1ccc(N(CCO)CCO)cc1)C(=O)[O-])C(=O)[O-]. The number of carbonyl (C=O) groups excluding carboxylic acids is 4. The van der Waals surface area contributed by atoms with E-state index >= 15 is 0 Å². The van der Waals surface area contributed by atoms with Crippen molar-refractivity contribution in [1.82, 2.24) is 10.6 Å². The molecule has 2 aromatic heterocycles. The second-order valence-corrected chi connectivity index (χ2v) is 16.2. The van der Waals surface area contributed by atoms with E-state index < -0.39 is 35.8 Å². The van der Waals surface area contributed by atoms with Crippen molar-refractivity contribution in [1.29, 1.82) is 0 Å². The first kappa shape index (κ1) is 48.9. The molecule has 0 saturated heterocycles. The van der Waals surface area contributed by atoms with Crippen molar-refractivity contribution in [2.24, 2.45) is 0 Å². The lowest BCUT2D eigenvalue weighted by Crippen LogP contribution is -2.54. The van der Waals surface area contributed by atoms with E-state index in [-0.39, 0.29) is 51.0 Å². The number of hydrogen-bond acceptors (Lipinski definition) is 14. The first-order valence-electron chi connectivity index (χ1n) is 19.8. The molecule has 6 N–H and O–H groups in total. The number of rotatable bonds is 27. The lowest BCUT2D eigenvalue weighted by atomic mass is 10.1. The number of carbonyl (C=O) groups is 4. The van der Waals surface area contributed by atoms with E-state index in [0.717, 1.165) is 44.1 Å². The highest BCUT2D eigenvalue weighted by molar-refractivity contribution is 8.76. The number of aliphatic hydroxyl groups is 4. The van der Waals surface area contributed by atoms with E-state index in [2.05, 4.69) is 10.6 Å². The predicted molar refractivity (Wildman–Crippen MR) is 236 cm³/mol. The lowest BCUT2D eigenvalue weighted by Gasteiger charge is -2.22. The van der Waals surface area contributed by atoms with E-state index in [9.17, 15) is 49.8 Å². The summed E-state index contributed by atoms with van der Waals surface area (Å²) in [4.78, 5) is 53.7. The fourth-order valence-electron chi connectivity index (χ4n) is 6.11. The standard InChI is InChI=1S/C44H52N6O10S2/c51-25-21-47(22-26-52)37-15-9-33(10-16-37)7-13-35-5-1-3-19-49(35)29-41(55)45-39(43(57)58)31-61-62-32-40(44(59)60)46-42(56)30-50-20-4-2-6-36(50)14-8-34-11-17-38(18-12-34)48(23-27-53)24-28-54/h1-20,39-40,51-54H,21-32H2,(H2-2,45,46,55,56,57,58,59,60). The van der Waals surface area contributed by atoms with Gasteiger partial charge in [0, 0.05) is 85.5 Å². The number of aliphatic hydroxyl groups excluding tert-OH is 4. The number of carboxylic acids is 2. The monoisotopic (exact) mass is 888 g/mol. The molecule has 62 heavy (non-hydrogen) atoms. The molecule has 2 heterocycles. The van der Waals surface area contributed by atoms with Gasteiger partial charge >= 0.3 is 0 Å². The number of nitrogens with zero attached hydrogens (tertiary/aromatic N) is 4. The van der Waals surface area contributed by atoms with Crippen molar-refractivity contribution in [3.63, 3.8) is 0 Å². The summed E-state index contributed by atoms with van der Waals surface area (Å²) < 4.78 is 3.29. The van der Waals surface area contributed by atoms with Gasteiger partial charge in [0.25, 0.3) is 11.8 Å². The molecule has 0 fully saturated rings. The average molecular weight is 889 g/mol. The molecule has 18 heteroatoms. The highest BCUT2D eigenvalue weighted by Gasteiger charge is 2.21. The Balaban J connectivity index is 1.27. The van der Waals surface area contributed by atoms with Gasteiger partial charge in [0.05, 0.1) is 50.4 Å². The van der Waals surface area contributed by atoms with Crippen molar-refractivity contribution in [3.8, 4) is 0 Å². The first-order chi connectivity index (χ1) is 30.0. The Morgan fingerprint density at radius 3 is 1.23 bits per heavy atom. The number of pyridine rings is 2. The molecular weight excluding hydrogens is 837 g/mol. The second kappa shape index (κ2) is 26.5. The second-order valence-electron chi connectivity index (χ2n) is 13.7.